The molecule has 0 saturated carbocycles. The Morgan fingerprint density at radius 1 is 1.06 bits per heavy atom. The predicted octanol–water partition coefficient (Wildman–Crippen LogP) is 6.98. The van der Waals surface area contributed by atoms with E-state index in [1.165, 1.54) is 17.2 Å². The molecule has 1 amide bonds. The molecule has 1 aromatic heterocycles. The smallest absolute Gasteiger partial charge is 0.256 e. The second-order valence-corrected chi connectivity index (χ2v) is 9.69. The largest absolute Gasteiger partial charge is 0.377 e. The van der Waals surface area contributed by atoms with E-state index in [-0.39, 0.29) is 17.4 Å². The second-order valence-electron chi connectivity index (χ2n) is 9.28. The number of hydrogen-bond donors (Lipinski definition) is 2. The topological polar surface area (TPSA) is 63.1 Å². The fraction of sp³-hybridized carbons (Fsp3) is 0.267. The Kier molecular flexibility index (Phi) is 6.84. The first kappa shape index (κ1) is 24.1. The molecule has 5 nitrogen and oxygen atoms in total. The molecule has 1 atom stereocenters. The number of nitrogens with one attached hydrogen (secondary N) is 2. The van der Waals surface area contributed by atoms with Crippen molar-refractivity contribution in [3.05, 3.63) is 104 Å². The highest BCUT2D eigenvalue weighted by Gasteiger charge is 2.21. The van der Waals surface area contributed by atoms with Gasteiger partial charge in [0.1, 0.15) is 5.82 Å². The SMILES string of the molecule is CCc1cccc(C(=O)Nc2cc(=O)c3cc(NC4CCCc5ccccc54)c(Cl)cc3n2CC)c1. The van der Waals surface area contributed by atoms with Gasteiger partial charge in [-0.1, -0.05) is 54.9 Å². The van der Waals surface area contributed by atoms with Gasteiger partial charge in [0.25, 0.3) is 5.91 Å². The summed E-state index contributed by atoms with van der Waals surface area (Å²) in [6.45, 7) is 4.60. The minimum atomic E-state index is -0.244. The lowest BCUT2D eigenvalue weighted by Gasteiger charge is -2.28. The summed E-state index contributed by atoms with van der Waals surface area (Å²) in [7, 11) is 0. The van der Waals surface area contributed by atoms with E-state index in [9.17, 15) is 9.59 Å². The van der Waals surface area contributed by atoms with Gasteiger partial charge in [0, 0.05) is 23.6 Å². The van der Waals surface area contributed by atoms with Crippen LogP contribution < -0.4 is 16.1 Å². The van der Waals surface area contributed by atoms with E-state index in [1.54, 1.807) is 6.07 Å². The van der Waals surface area contributed by atoms with Crippen LogP contribution in [0.25, 0.3) is 10.9 Å². The molecule has 3 aromatic carbocycles. The number of hydrogen-bond acceptors (Lipinski definition) is 3. The van der Waals surface area contributed by atoms with Crippen LogP contribution >= 0.6 is 11.6 Å². The maximum absolute atomic E-state index is 13.2. The number of anilines is 2. The van der Waals surface area contributed by atoms with Gasteiger partial charge >= 0.3 is 0 Å². The van der Waals surface area contributed by atoms with Crippen LogP contribution in [0.4, 0.5) is 11.5 Å². The van der Waals surface area contributed by atoms with Gasteiger partial charge in [-0.15, -0.1) is 0 Å². The lowest BCUT2D eigenvalue weighted by atomic mass is 9.87. The quantitative estimate of drug-likeness (QED) is 0.301. The molecule has 0 saturated heterocycles. The van der Waals surface area contributed by atoms with Gasteiger partial charge in [0.2, 0.25) is 0 Å². The van der Waals surface area contributed by atoms with E-state index in [4.69, 9.17) is 11.6 Å². The van der Waals surface area contributed by atoms with Crippen LogP contribution in [0, 0.1) is 0 Å². The van der Waals surface area contributed by atoms with Crippen molar-refractivity contribution < 1.29 is 4.79 Å². The zero-order chi connectivity index (χ0) is 25.2. The molecular weight excluding hydrogens is 470 g/mol. The van der Waals surface area contributed by atoms with Crippen molar-refractivity contribution in [2.75, 3.05) is 10.6 Å². The molecule has 5 rings (SSSR count). The molecule has 1 aliphatic rings. The number of fused-ring (bicyclic) bond motifs is 2. The van der Waals surface area contributed by atoms with Gasteiger partial charge < -0.3 is 15.2 Å². The summed E-state index contributed by atoms with van der Waals surface area (Å²) in [6.07, 6.45) is 4.04. The summed E-state index contributed by atoms with van der Waals surface area (Å²) in [5.74, 6) is 0.214. The molecule has 36 heavy (non-hydrogen) atoms. The van der Waals surface area contributed by atoms with E-state index in [0.29, 0.717) is 33.9 Å². The summed E-state index contributed by atoms with van der Waals surface area (Å²) in [5.41, 5.74) is 5.58. The zero-order valence-electron chi connectivity index (χ0n) is 20.6. The molecule has 0 spiro atoms. The Bertz CT molecular complexity index is 1510. The summed E-state index contributed by atoms with van der Waals surface area (Å²) in [6, 6.07) is 21.3. The maximum Gasteiger partial charge on any atom is 0.256 e. The number of pyridine rings is 1. The molecule has 2 N–H and O–H groups in total. The average molecular weight is 500 g/mol. The van der Waals surface area contributed by atoms with Crippen molar-refractivity contribution >= 4 is 39.9 Å². The van der Waals surface area contributed by atoms with E-state index >= 15 is 0 Å². The Morgan fingerprint density at radius 2 is 1.89 bits per heavy atom. The van der Waals surface area contributed by atoms with Gasteiger partial charge in [-0.3, -0.25) is 9.59 Å². The first-order valence-corrected chi connectivity index (χ1v) is 13.0. The Hall–Kier alpha value is -3.57. The number of halogens is 1. The number of benzene rings is 3. The number of aryl methyl sites for hydroxylation is 3. The molecule has 1 heterocycles. The summed E-state index contributed by atoms with van der Waals surface area (Å²) < 4.78 is 1.92. The molecular formula is C30H30ClN3O2. The molecule has 4 aromatic rings. The summed E-state index contributed by atoms with van der Waals surface area (Å²) in [4.78, 5) is 26.2. The monoisotopic (exact) mass is 499 g/mol. The fourth-order valence-corrected chi connectivity index (χ4v) is 5.37. The second kappa shape index (κ2) is 10.2. The normalized spacial score (nSPS) is 14.9. The highest BCUT2D eigenvalue weighted by atomic mass is 35.5. The molecule has 0 aliphatic heterocycles. The molecule has 184 valence electrons. The third kappa shape index (κ3) is 4.63. The highest BCUT2D eigenvalue weighted by Crippen LogP contribution is 2.36. The number of rotatable bonds is 6. The van der Waals surface area contributed by atoms with Crippen LogP contribution in [0.15, 0.2) is 71.5 Å². The predicted molar refractivity (Wildman–Crippen MR) is 148 cm³/mol. The van der Waals surface area contributed by atoms with E-state index < -0.39 is 0 Å². The van der Waals surface area contributed by atoms with Gasteiger partial charge in [-0.2, -0.15) is 0 Å². The number of carbonyl (C=O) groups is 1. The maximum atomic E-state index is 13.2. The number of amides is 1. The third-order valence-electron chi connectivity index (χ3n) is 7.05. The lowest BCUT2D eigenvalue weighted by molar-refractivity contribution is 0.102. The van der Waals surface area contributed by atoms with Gasteiger partial charge in [-0.05, 0) is 73.6 Å². The van der Waals surface area contributed by atoms with Crippen molar-refractivity contribution in [2.45, 2.75) is 52.1 Å². The Balaban J connectivity index is 1.50. The fourth-order valence-electron chi connectivity index (χ4n) is 5.16. The Labute approximate surface area is 216 Å². The lowest BCUT2D eigenvalue weighted by Crippen LogP contribution is -2.20. The zero-order valence-corrected chi connectivity index (χ0v) is 21.4. The van der Waals surface area contributed by atoms with Crippen molar-refractivity contribution in [3.63, 3.8) is 0 Å². The number of carbonyl (C=O) groups excluding carboxylic acids is 1. The van der Waals surface area contributed by atoms with Crippen LogP contribution in [0.5, 0.6) is 0 Å². The number of aromatic nitrogens is 1. The van der Waals surface area contributed by atoms with Crippen LogP contribution in [-0.4, -0.2) is 10.5 Å². The van der Waals surface area contributed by atoms with Crippen LogP contribution in [0.3, 0.4) is 0 Å². The summed E-state index contributed by atoms with van der Waals surface area (Å²) in [5, 5.41) is 7.65. The minimum Gasteiger partial charge on any atom is -0.377 e. The van der Waals surface area contributed by atoms with Crippen LogP contribution in [0.1, 0.15) is 59.8 Å². The molecule has 1 aliphatic carbocycles. The highest BCUT2D eigenvalue weighted by molar-refractivity contribution is 6.34. The van der Waals surface area contributed by atoms with Gasteiger partial charge in [0.05, 0.1) is 22.3 Å². The van der Waals surface area contributed by atoms with E-state index in [0.717, 1.165) is 36.9 Å². The van der Waals surface area contributed by atoms with E-state index in [1.807, 2.05) is 41.8 Å². The van der Waals surface area contributed by atoms with Crippen LogP contribution in [0.2, 0.25) is 5.02 Å². The molecule has 6 heteroatoms. The van der Waals surface area contributed by atoms with Gasteiger partial charge in [0.15, 0.2) is 5.43 Å². The number of nitrogens with zero attached hydrogens (tertiary/aromatic N) is 1. The molecule has 0 fully saturated rings. The minimum absolute atomic E-state index is 0.149. The van der Waals surface area contributed by atoms with Crippen molar-refractivity contribution in [3.8, 4) is 0 Å². The van der Waals surface area contributed by atoms with E-state index in [2.05, 4.69) is 41.8 Å². The van der Waals surface area contributed by atoms with Crippen molar-refractivity contribution in [1.82, 2.24) is 4.57 Å². The molecule has 0 bridgehead atoms. The Morgan fingerprint density at radius 3 is 2.69 bits per heavy atom. The van der Waals surface area contributed by atoms with Gasteiger partial charge in [-0.25, -0.2) is 0 Å². The average Bonchev–Trinajstić information content (AvgIpc) is 2.90. The standard InChI is InChI=1S/C30H30ClN3O2/c1-3-19-9-7-12-21(15-19)30(36)33-29-18-28(35)23-16-26(24(31)17-27(23)34(29)4-2)32-25-14-8-11-20-10-5-6-13-22(20)25/h5-7,9-10,12-13,15-18,25,32H,3-4,8,11,14H2,1-2H3,(H,33,36). The third-order valence-corrected chi connectivity index (χ3v) is 7.37. The first-order chi connectivity index (χ1) is 17.5. The van der Waals surface area contributed by atoms with Crippen LogP contribution in [-0.2, 0) is 19.4 Å². The van der Waals surface area contributed by atoms with Crippen molar-refractivity contribution in [1.29, 1.82) is 0 Å². The van der Waals surface area contributed by atoms with Crippen molar-refractivity contribution in [2.24, 2.45) is 0 Å². The first-order valence-electron chi connectivity index (χ1n) is 12.6. The molecule has 0 radical (unpaired) electrons. The molecule has 1 unspecified atom stereocenters. The summed E-state index contributed by atoms with van der Waals surface area (Å²) >= 11 is 6.75.